The fourth-order valence-electron chi connectivity index (χ4n) is 1.16. The molecule has 2 rings (SSSR count). The lowest BCUT2D eigenvalue weighted by Gasteiger charge is -2.03. The molecule has 1 aromatic rings. The van der Waals surface area contributed by atoms with Crippen molar-refractivity contribution in [1.82, 2.24) is 10.3 Å². The van der Waals surface area contributed by atoms with Gasteiger partial charge in [0.25, 0.3) is 0 Å². The molecule has 66 valence electrons. The van der Waals surface area contributed by atoms with E-state index in [2.05, 4.69) is 17.2 Å². The van der Waals surface area contributed by atoms with E-state index >= 15 is 0 Å². The van der Waals surface area contributed by atoms with E-state index < -0.39 is 0 Å². The van der Waals surface area contributed by atoms with E-state index in [1.54, 1.807) is 0 Å². The average Bonchev–Trinajstić information content (AvgIpc) is 2.83. The maximum absolute atomic E-state index is 5.59. The second kappa shape index (κ2) is 2.90. The maximum atomic E-state index is 5.59. The molecule has 1 aliphatic carbocycles. The molecule has 0 saturated heterocycles. The van der Waals surface area contributed by atoms with E-state index in [0.29, 0.717) is 5.92 Å². The number of rotatable bonds is 3. The molecular weight excluding hydrogens is 152 g/mol. The predicted octanol–water partition coefficient (Wildman–Crippen LogP) is 1.83. The fourth-order valence-corrected chi connectivity index (χ4v) is 1.16. The summed E-state index contributed by atoms with van der Waals surface area (Å²) in [5.74, 6) is 2.48. The maximum Gasteiger partial charge on any atom is 0.197 e. The lowest BCUT2D eigenvalue weighted by Crippen LogP contribution is -2.11. The van der Waals surface area contributed by atoms with Crippen LogP contribution in [0.5, 0.6) is 0 Å². The van der Waals surface area contributed by atoms with Gasteiger partial charge in [-0.2, -0.15) is 0 Å². The molecule has 1 aromatic heterocycles. The monoisotopic (exact) mass is 166 g/mol. The van der Waals surface area contributed by atoms with E-state index in [-0.39, 0.29) is 6.04 Å². The molecule has 1 fully saturated rings. The van der Waals surface area contributed by atoms with E-state index in [4.69, 9.17) is 4.42 Å². The highest BCUT2D eigenvalue weighted by Gasteiger charge is 2.28. The van der Waals surface area contributed by atoms with Crippen molar-refractivity contribution in [3.63, 3.8) is 0 Å². The number of nitrogens with one attached hydrogen (secondary N) is 1. The Morgan fingerprint density at radius 2 is 2.42 bits per heavy atom. The summed E-state index contributed by atoms with van der Waals surface area (Å²) in [6.45, 7) is 2.07. The van der Waals surface area contributed by atoms with Gasteiger partial charge in [0.1, 0.15) is 5.76 Å². The van der Waals surface area contributed by atoms with Crippen LogP contribution in [-0.4, -0.2) is 12.0 Å². The Hall–Kier alpha value is -0.830. The van der Waals surface area contributed by atoms with Crippen LogP contribution in [-0.2, 0) is 0 Å². The zero-order chi connectivity index (χ0) is 8.55. The minimum Gasteiger partial charge on any atom is -0.444 e. The molecule has 1 saturated carbocycles. The van der Waals surface area contributed by atoms with E-state index in [0.717, 1.165) is 11.7 Å². The Morgan fingerprint density at radius 3 is 3.00 bits per heavy atom. The van der Waals surface area contributed by atoms with Gasteiger partial charge in [-0.25, -0.2) is 4.98 Å². The summed E-state index contributed by atoms with van der Waals surface area (Å²) in [4.78, 5) is 4.24. The molecule has 0 aliphatic heterocycles. The third-order valence-corrected chi connectivity index (χ3v) is 2.33. The summed E-state index contributed by atoms with van der Waals surface area (Å²) in [6, 6.07) is 0.269. The van der Waals surface area contributed by atoms with Crippen LogP contribution >= 0.6 is 0 Å². The Labute approximate surface area is 72.2 Å². The van der Waals surface area contributed by atoms with Gasteiger partial charge in [0.2, 0.25) is 0 Å². The lowest BCUT2D eigenvalue weighted by molar-refractivity contribution is 0.415. The first kappa shape index (κ1) is 7.80. The van der Waals surface area contributed by atoms with Gasteiger partial charge in [0.05, 0.1) is 12.2 Å². The first-order valence-corrected chi connectivity index (χ1v) is 4.44. The van der Waals surface area contributed by atoms with Gasteiger partial charge in [-0.3, -0.25) is 0 Å². The highest BCUT2D eigenvalue weighted by Crippen LogP contribution is 2.39. The average molecular weight is 166 g/mol. The lowest BCUT2D eigenvalue weighted by atomic mass is 10.3. The van der Waals surface area contributed by atoms with Gasteiger partial charge >= 0.3 is 0 Å². The molecule has 1 aliphatic rings. The van der Waals surface area contributed by atoms with Crippen LogP contribution in [0, 0.1) is 0 Å². The molecule has 0 amide bonds. The molecular formula is C9H14N2O. The van der Waals surface area contributed by atoms with Crippen molar-refractivity contribution in [2.75, 3.05) is 7.05 Å². The zero-order valence-electron chi connectivity index (χ0n) is 7.50. The second-order valence-electron chi connectivity index (χ2n) is 3.39. The van der Waals surface area contributed by atoms with Crippen LogP contribution in [0.1, 0.15) is 43.4 Å². The molecule has 3 nitrogen and oxygen atoms in total. The number of hydrogen-bond donors (Lipinski definition) is 1. The Bertz CT molecular complexity index is 265. The van der Waals surface area contributed by atoms with Crippen LogP contribution in [0.2, 0.25) is 0 Å². The molecule has 1 atom stereocenters. The van der Waals surface area contributed by atoms with Gasteiger partial charge in [-0.05, 0) is 26.8 Å². The third-order valence-electron chi connectivity index (χ3n) is 2.33. The molecule has 0 aromatic carbocycles. The Balaban J connectivity index is 2.12. The van der Waals surface area contributed by atoms with Crippen LogP contribution in [0.25, 0.3) is 0 Å². The number of hydrogen-bond acceptors (Lipinski definition) is 3. The highest BCUT2D eigenvalue weighted by molar-refractivity contribution is 5.06. The van der Waals surface area contributed by atoms with Crippen molar-refractivity contribution >= 4 is 0 Å². The van der Waals surface area contributed by atoms with Gasteiger partial charge < -0.3 is 9.73 Å². The molecule has 1 unspecified atom stereocenters. The van der Waals surface area contributed by atoms with E-state index in [1.807, 2.05) is 13.2 Å². The first-order valence-electron chi connectivity index (χ1n) is 4.44. The number of aromatic nitrogens is 1. The van der Waals surface area contributed by atoms with Crippen LogP contribution in [0.4, 0.5) is 0 Å². The first-order chi connectivity index (χ1) is 5.81. The second-order valence-corrected chi connectivity index (χ2v) is 3.39. The quantitative estimate of drug-likeness (QED) is 0.744. The van der Waals surface area contributed by atoms with Gasteiger partial charge in [-0.15, -0.1) is 0 Å². The minimum atomic E-state index is 0.269. The van der Waals surface area contributed by atoms with Crippen molar-refractivity contribution in [2.24, 2.45) is 0 Å². The van der Waals surface area contributed by atoms with Crippen LogP contribution < -0.4 is 5.32 Å². The summed E-state index contributed by atoms with van der Waals surface area (Å²) in [6.07, 6.45) is 4.32. The SMILES string of the molecule is CNC(C)c1cnc(C2CC2)o1. The molecule has 0 bridgehead atoms. The largest absolute Gasteiger partial charge is 0.444 e. The standard InChI is InChI=1S/C9H14N2O/c1-6(10-2)8-5-11-9(12-8)7-3-4-7/h5-7,10H,3-4H2,1-2H3. The predicted molar refractivity (Wildman–Crippen MR) is 46.0 cm³/mol. The van der Waals surface area contributed by atoms with Gasteiger partial charge in [-0.1, -0.05) is 0 Å². The summed E-state index contributed by atoms with van der Waals surface area (Å²) in [5, 5.41) is 3.12. The molecule has 1 heterocycles. The van der Waals surface area contributed by atoms with Crippen molar-refractivity contribution in [3.05, 3.63) is 17.8 Å². The molecule has 0 radical (unpaired) electrons. The Morgan fingerprint density at radius 1 is 1.67 bits per heavy atom. The number of nitrogens with zero attached hydrogens (tertiary/aromatic N) is 1. The topological polar surface area (TPSA) is 38.1 Å². The normalized spacial score (nSPS) is 19.5. The van der Waals surface area contributed by atoms with E-state index in [9.17, 15) is 0 Å². The van der Waals surface area contributed by atoms with Crippen LogP contribution in [0.15, 0.2) is 10.6 Å². The number of oxazole rings is 1. The highest BCUT2D eigenvalue weighted by atomic mass is 16.4. The summed E-state index contributed by atoms with van der Waals surface area (Å²) in [5.41, 5.74) is 0. The zero-order valence-corrected chi connectivity index (χ0v) is 7.50. The van der Waals surface area contributed by atoms with Crippen molar-refractivity contribution in [2.45, 2.75) is 31.7 Å². The van der Waals surface area contributed by atoms with Crippen LogP contribution in [0.3, 0.4) is 0 Å². The van der Waals surface area contributed by atoms with Gasteiger partial charge in [0, 0.05) is 5.92 Å². The summed E-state index contributed by atoms with van der Waals surface area (Å²) in [7, 11) is 1.92. The molecule has 12 heavy (non-hydrogen) atoms. The fraction of sp³-hybridized carbons (Fsp3) is 0.667. The van der Waals surface area contributed by atoms with Crippen molar-refractivity contribution in [1.29, 1.82) is 0 Å². The smallest absolute Gasteiger partial charge is 0.197 e. The van der Waals surface area contributed by atoms with E-state index in [1.165, 1.54) is 12.8 Å². The summed E-state index contributed by atoms with van der Waals surface area (Å²) < 4.78 is 5.59. The van der Waals surface area contributed by atoms with Gasteiger partial charge in [0.15, 0.2) is 5.89 Å². The molecule has 0 spiro atoms. The van der Waals surface area contributed by atoms with Crippen molar-refractivity contribution < 1.29 is 4.42 Å². The minimum absolute atomic E-state index is 0.269. The third kappa shape index (κ3) is 1.37. The molecule has 1 N–H and O–H groups in total. The van der Waals surface area contributed by atoms with Crippen molar-refractivity contribution in [3.8, 4) is 0 Å². The summed E-state index contributed by atoms with van der Waals surface area (Å²) >= 11 is 0. The Kier molecular flexibility index (Phi) is 1.89. The molecule has 3 heteroatoms.